The van der Waals surface area contributed by atoms with Crippen molar-refractivity contribution in [1.82, 2.24) is 0 Å². The minimum atomic E-state index is -0.872. The average Bonchev–Trinajstić information content (AvgIpc) is 2.47. The molecule has 0 atom stereocenters. The first-order valence-electron chi connectivity index (χ1n) is 6.39. The Hall–Kier alpha value is -2.49. The zero-order chi connectivity index (χ0) is 14.2. The highest BCUT2D eigenvalue weighted by molar-refractivity contribution is 5.66. The van der Waals surface area contributed by atoms with Crippen LogP contribution in [0, 0.1) is 0 Å². The number of hydrogen-bond acceptors (Lipinski definition) is 3. The van der Waals surface area contributed by atoms with Crippen molar-refractivity contribution in [3.63, 3.8) is 0 Å². The van der Waals surface area contributed by atoms with Gasteiger partial charge in [-0.3, -0.25) is 4.79 Å². The van der Waals surface area contributed by atoms with Crippen molar-refractivity contribution in [2.75, 3.05) is 0 Å². The van der Waals surface area contributed by atoms with Gasteiger partial charge in [-0.05, 0) is 24.3 Å². The van der Waals surface area contributed by atoms with Crippen molar-refractivity contribution in [1.29, 1.82) is 0 Å². The van der Waals surface area contributed by atoms with Gasteiger partial charge in [-0.15, -0.1) is 0 Å². The molecule has 0 saturated heterocycles. The van der Waals surface area contributed by atoms with E-state index in [1.807, 2.05) is 60.7 Å². The van der Waals surface area contributed by atoms with Gasteiger partial charge in [0.05, 0.1) is 6.42 Å². The number of rotatable bonds is 7. The molecule has 0 heterocycles. The van der Waals surface area contributed by atoms with Crippen LogP contribution in [0.1, 0.15) is 12.8 Å². The van der Waals surface area contributed by atoms with Crippen LogP contribution in [0.25, 0.3) is 0 Å². The largest absolute Gasteiger partial charge is 0.481 e. The van der Waals surface area contributed by atoms with Gasteiger partial charge >= 0.3 is 5.97 Å². The molecule has 0 aliphatic carbocycles. The lowest BCUT2D eigenvalue weighted by Crippen LogP contribution is -2.25. The minimum absolute atomic E-state index is 0.00959. The highest BCUT2D eigenvalue weighted by atomic mass is 16.7. The Morgan fingerprint density at radius 3 is 1.75 bits per heavy atom. The van der Waals surface area contributed by atoms with Crippen LogP contribution < -0.4 is 9.47 Å². The fraction of sp³-hybridized carbons (Fsp3) is 0.188. The van der Waals surface area contributed by atoms with E-state index in [0.29, 0.717) is 11.5 Å². The third-order valence-electron chi connectivity index (χ3n) is 2.62. The molecule has 0 saturated carbocycles. The quantitative estimate of drug-likeness (QED) is 0.785. The summed E-state index contributed by atoms with van der Waals surface area (Å²) in [5.74, 6) is 0.431. The molecule has 0 aromatic heterocycles. The predicted octanol–water partition coefficient (Wildman–Crippen LogP) is 3.34. The van der Waals surface area contributed by atoms with E-state index in [4.69, 9.17) is 14.6 Å². The summed E-state index contributed by atoms with van der Waals surface area (Å²) in [7, 11) is 0. The van der Waals surface area contributed by atoms with E-state index in [2.05, 4.69) is 0 Å². The zero-order valence-corrected chi connectivity index (χ0v) is 10.9. The third-order valence-corrected chi connectivity index (χ3v) is 2.62. The number of para-hydroxylation sites is 2. The minimum Gasteiger partial charge on any atom is -0.481 e. The van der Waals surface area contributed by atoms with Crippen LogP contribution in [0.2, 0.25) is 0 Å². The molecule has 0 fully saturated rings. The zero-order valence-electron chi connectivity index (χ0n) is 10.9. The molecule has 2 aromatic rings. The topological polar surface area (TPSA) is 55.8 Å². The van der Waals surface area contributed by atoms with E-state index in [0.717, 1.165) is 0 Å². The van der Waals surface area contributed by atoms with Crippen LogP contribution in [0.3, 0.4) is 0 Å². The summed E-state index contributed by atoms with van der Waals surface area (Å²) in [6, 6.07) is 18.4. The molecule has 0 spiro atoms. The Balaban J connectivity index is 2.02. The number of carbonyl (C=O) groups is 1. The van der Waals surface area contributed by atoms with E-state index < -0.39 is 12.3 Å². The van der Waals surface area contributed by atoms with Crippen molar-refractivity contribution in [3.8, 4) is 11.5 Å². The number of carboxylic acid groups (broad SMARTS) is 1. The van der Waals surface area contributed by atoms with Gasteiger partial charge in [0.25, 0.3) is 0 Å². The van der Waals surface area contributed by atoms with E-state index >= 15 is 0 Å². The van der Waals surface area contributed by atoms with Crippen molar-refractivity contribution < 1.29 is 19.4 Å². The molecular formula is C16H16O4. The van der Waals surface area contributed by atoms with E-state index in [1.54, 1.807) is 0 Å². The van der Waals surface area contributed by atoms with Crippen LogP contribution in [-0.2, 0) is 4.79 Å². The molecule has 0 radical (unpaired) electrons. The van der Waals surface area contributed by atoms with Crippen molar-refractivity contribution in [3.05, 3.63) is 60.7 Å². The van der Waals surface area contributed by atoms with E-state index in [9.17, 15) is 4.79 Å². The monoisotopic (exact) mass is 272 g/mol. The fourth-order valence-electron chi connectivity index (χ4n) is 1.68. The lowest BCUT2D eigenvalue weighted by atomic mass is 10.3. The van der Waals surface area contributed by atoms with Gasteiger partial charge in [-0.1, -0.05) is 36.4 Å². The second-order valence-electron chi connectivity index (χ2n) is 4.22. The average molecular weight is 272 g/mol. The first kappa shape index (κ1) is 13.9. The summed E-state index contributed by atoms with van der Waals surface area (Å²) in [6.45, 7) is 0. The predicted molar refractivity (Wildman–Crippen MR) is 74.8 cm³/mol. The molecule has 0 aliphatic heterocycles. The number of benzene rings is 2. The molecule has 0 unspecified atom stereocenters. The lowest BCUT2D eigenvalue weighted by molar-refractivity contribution is -0.138. The second kappa shape index (κ2) is 7.19. The summed E-state index contributed by atoms with van der Waals surface area (Å²) in [4.78, 5) is 10.7. The molecule has 0 aliphatic rings. The fourth-order valence-corrected chi connectivity index (χ4v) is 1.68. The van der Waals surface area contributed by atoms with Crippen LogP contribution in [0.4, 0.5) is 0 Å². The smallest absolute Gasteiger partial charge is 0.303 e. The standard InChI is InChI=1S/C16H16O4/c17-15(18)11-12-16(19-13-7-3-1-4-8-13)20-14-9-5-2-6-10-14/h1-10,16H,11-12H2,(H,17,18). The highest BCUT2D eigenvalue weighted by Crippen LogP contribution is 2.18. The Kier molecular flexibility index (Phi) is 5.00. The first-order chi connectivity index (χ1) is 9.74. The molecule has 2 rings (SSSR count). The molecule has 4 heteroatoms. The van der Waals surface area contributed by atoms with Crippen molar-refractivity contribution in [2.24, 2.45) is 0 Å². The Morgan fingerprint density at radius 1 is 0.900 bits per heavy atom. The summed E-state index contributed by atoms with van der Waals surface area (Å²) in [5, 5.41) is 8.78. The maximum Gasteiger partial charge on any atom is 0.303 e. The third kappa shape index (κ3) is 4.65. The van der Waals surface area contributed by atoms with Crippen LogP contribution in [0.5, 0.6) is 11.5 Å². The molecule has 0 amide bonds. The van der Waals surface area contributed by atoms with E-state index in [1.165, 1.54) is 0 Å². The molecule has 20 heavy (non-hydrogen) atoms. The van der Waals surface area contributed by atoms with Gasteiger partial charge < -0.3 is 14.6 Å². The first-order valence-corrected chi connectivity index (χ1v) is 6.39. The SMILES string of the molecule is O=C(O)CCC(Oc1ccccc1)Oc1ccccc1. The van der Waals surface area contributed by atoms with Gasteiger partial charge in [0.1, 0.15) is 11.5 Å². The van der Waals surface area contributed by atoms with Gasteiger partial charge in [0, 0.05) is 6.42 Å². The Morgan fingerprint density at radius 2 is 1.35 bits per heavy atom. The van der Waals surface area contributed by atoms with Crippen LogP contribution >= 0.6 is 0 Å². The lowest BCUT2D eigenvalue weighted by Gasteiger charge is -2.20. The number of hydrogen-bond donors (Lipinski definition) is 1. The Labute approximate surface area is 117 Å². The van der Waals surface area contributed by atoms with E-state index in [-0.39, 0.29) is 12.8 Å². The molecule has 104 valence electrons. The molecule has 0 bridgehead atoms. The van der Waals surface area contributed by atoms with Gasteiger partial charge in [-0.2, -0.15) is 0 Å². The Bertz CT molecular complexity index is 483. The maximum absolute atomic E-state index is 10.7. The van der Waals surface area contributed by atoms with Crippen molar-refractivity contribution in [2.45, 2.75) is 19.1 Å². The molecule has 2 aromatic carbocycles. The van der Waals surface area contributed by atoms with Crippen LogP contribution in [-0.4, -0.2) is 17.4 Å². The number of carboxylic acids is 1. The second-order valence-corrected chi connectivity index (χ2v) is 4.22. The summed E-state index contributed by atoms with van der Waals surface area (Å²) < 4.78 is 11.4. The highest BCUT2D eigenvalue weighted by Gasteiger charge is 2.14. The van der Waals surface area contributed by atoms with Crippen molar-refractivity contribution >= 4 is 5.97 Å². The molecule has 4 nitrogen and oxygen atoms in total. The summed E-state index contributed by atoms with van der Waals surface area (Å²) in [6.07, 6.45) is -0.361. The van der Waals surface area contributed by atoms with Crippen LogP contribution in [0.15, 0.2) is 60.7 Å². The van der Waals surface area contributed by atoms with Gasteiger partial charge in [-0.25, -0.2) is 0 Å². The maximum atomic E-state index is 10.7. The van der Waals surface area contributed by atoms with Gasteiger partial charge in [0.2, 0.25) is 6.29 Å². The molecular weight excluding hydrogens is 256 g/mol. The summed E-state index contributed by atoms with van der Waals surface area (Å²) in [5.41, 5.74) is 0. The number of aliphatic carboxylic acids is 1. The summed E-state index contributed by atoms with van der Waals surface area (Å²) >= 11 is 0. The molecule has 1 N–H and O–H groups in total. The van der Waals surface area contributed by atoms with Gasteiger partial charge in [0.15, 0.2) is 0 Å². The normalized spacial score (nSPS) is 10.2. The number of ether oxygens (including phenoxy) is 2.